The zero-order chi connectivity index (χ0) is 11.5. The number of esters is 1. The molecule has 1 rings (SSSR count). The van der Waals surface area contributed by atoms with Gasteiger partial charge in [-0.05, 0) is 18.8 Å². The molecule has 0 aromatic rings. The molecule has 0 radical (unpaired) electrons. The molecule has 0 aliphatic carbocycles. The van der Waals surface area contributed by atoms with E-state index in [0.29, 0.717) is 12.8 Å². The summed E-state index contributed by atoms with van der Waals surface area (Å²) in [5, 5.41) is 0. The first-order valence-electron chi connectivity index (χ1n) is 4.86. The lowest BCUT2D eigenvalue weighted by Crippen LogP contribution is -2.34. The summed E-state index contributed by atoms with van der Waals surface area (Å²) in [5.74, 6) is -1.08. The summed E-state index contributed by atoms with van der Waals surface area (Å²) in [7, 11) is -1.92. The van der Waals surface area contributed by atoms with Gasteiger partial charge in [0.05, 0.1) is 18.6 Å². The van der Waals surface area contributed by atoms with Crippen molar-refractivity contribution in [2.24, 2.45) is 5.92 Å². The van der Waals surface area contributed by atoms with Crippen molar-refractivity contribution in [3.8, 4) is 0 Å². The predicted molar refractivity (Wildman–Crippen MR) is 52.9 cm³/mol. The number of hydrogen-bond acceptors (Lipinski definition) is 4. The van der Waals surface area contributed by atoms with Crippen molar-refractivity contribution in [2.45, 2.75) is 25.4 Å². The molecule has 0 unspecified atom stereocenters. The summed E-state index contributed by atoms with van der Waals surface area (Å²) < 4.78 is 39.9. The van der Waals surface area contributed by atoms with Crippen LogP contribution in [0.4, 0.5) is 4.39 Å². The van der Waals surface area contributed by atoms with Crippen LogP contribution in [0.2, 0.25) is 0 Å². The molecule has 0 aromatic heterocycles. The normalized spacial score (nSPS) is 29.7. The van der Waals surface area contributed by atoms with Crippen molar-refractivity contribution < 1.29 is 22.3 Å². The Bertz CT molecular complexity index is 325. The Morgan fingerprint density at radius 3 is 2.73 bits per heavy atom. The number of alkyl halides is 1. The van der Waals surface area contributed by atoms with E-state index in [4.69, 9.17) is 0 Å². The molecule has 2 atom stereocenters. The molecular weight excluding hydrogens is 223 g/mol. The zero-order valence-electron chi connectivity index (χ0n) is 8.61. The van der Waals surface area contributed by atoms with Gasteiger partial charge in [0.15, 0.2) is 9.84 Å². The maximum Gasteiger partial charge on any atom is 0.305 e. The largest absolute Gasteiger partial charge is 0.469 e. The molecule has 0 spiro atoms. The van der Waals surface area contributed by atoms with Crippen LogP contribution in [0, 0.1) is 5.92 Å². The first-order valence-corrected chi connectivity index (χ1v) is 6.68. The Hall–Kier alpha value is -0.650. The van der Waals surface area contributed by atoms with Gasteiger partial charge in [0.1, 0.15) is 6.17 Å². The Labute approximate surface area is 88.7 Å². The lowest BCUT2D eigenvalue weighted by atomic mass is 9.95. The zero-order valence-corrected chi connectivity index (χ0v) is 9.43. The van der Waals surface area contributed by atoms with Gasteiger partial charge in [-0.15, -0.1) is 0 Å². The summed E-state index contributed by atoms with van der Waals surface area (Å²) in [4.78, 5) is 10.8. The number of methoxy groups -OCH3 is 1. The van der Waals surface area contributed by atoms with E-state index in [-0.39, 0.29) is 24.1 Å². The highest BCUT2D eigenvalue weighted by molar-refractivity contribution is 7.91. The van der Waals surface area contributed by atoms with Crippen LogP contribution in [0.25, 0.3) is 0 Å². The van der Waals surface area contributed by atoms with Crippen LogP contribution < -0.4 is 0 Å². The molecular formula is C9H15FO4S. The van der Waals surface area contributed by atoms with Crippen molar-refractivity contribution in [1.29, 1.82) is 0 Å². The highest BCUT2D eigenvalue weighted by Gasteiger charge is 2.33. The highest BCUT2D eigenvalue weighted by Crippen LogP contribution is 2.26. The van der Waals surface area contributed by atoms with Crippen molar-refractivity contribution in [2.75, 3.05) is 18.6 Å². The summed E-state index contributed by atoms with van der Waals surface area (Å²) >= 11 is 0. The maximum atomic E-state index is 13.4. The second-order valence-corrected chi connectivity index (χ2v) is 6.02. The van der Waals surface area contributed by atoms with E-state index in [1.165, 1.54) is 7.11 Å². The van der Waals surface area contributed by atoms with E-state index in [1.54, 1.807) is 0 Å². The van der Waals surface area contributed by atoms with E-state index < -0.39 is 21.8 Å². The molecule has 0 N–H and O–H groups in total. The number of halogens is 1. The molecule has 88 valence electrons. The third kappa shape index (κ3) is 3.77. The van der Waals surface area contributed by atoms with Crippen molar-refractivity contribution in [1.82, 2.24) is 0 Å². The minimum atomic E-state index is -3.20. The Morgan fingerprint density at radius 2 is 2.20 bits per heavy atom. The Balaban J connectivity index is 2.42. The van der Waals surface area contributed by atoms with Gasteiger partial charge in [-0.1, -0.05) is 0 Å². The minimum Gasteiger partial charge on any atom is -0.469 e. The summed E-state index contributed by atoms with van der Waals surface area (Å²) in [6.07, 6.45) is -0.515. The van der Waals surface area contributed by atoms with E-state index in [0.717, 1.165) is 0 Å². The topological polar surface area (TPSA) is 60.4 Å². The Kier molecular flexibility index (Phi) is 4.07. The maximum absolute atomic E-state index is 13.4. The van der Waals surface area contributed by atoms with Crippen LogP contribution in [0.3, 0.4) is 0 Å². The van der Waals surface area contributed by atoms with Gasteiger partial charge in [0.2, 0.25) is 0 Å². The van der Waals surface area contributed by atoms with Gasteiger partial charge in [-0.3, -0.25) is 4.79 Å². The molecule has 1 aliphatic rings. The minimum absolute atomic E-state index is 0.0270. The van der Waals surface area contributed by atoms with Gasteiger partial charge >= 0.3 is 5.97 Å². The average Bonchev–Trinajstić information content (AvgIpc) is 2.15. The summed E-state index contributed by atoms with van der Waals surface area (Å²) in [5.41, 5.74) is 0. The molecule has 1 heterocycles. The molecule has 1 fully saturated rings. The highest BCUT2D eigenvalue weighted by atomic mass is 32.2. The average molecular weight is 238 g/mol. The van der Waals surface area contributed by atoms with Crippen LogP contribution in [0.5, 0.6) is 0 Å². The second kappa shape index (κ2) is 4.92. The van der Waals surface area contributed by atoms with Gasteiger partial charge in [0.25, 0.3) is 0 Å². The summed E-state index contributed by atoms with van der Waals surface area (Å²) in [6, 6.07) is 0. The van der Waals surface area contributed by atoms with Gasteiger partial charge in [-0.25, -0.2) is 12.8 Å². The van der Waals surface area contributed by atoms with Gasteiger partial charge < -0.3 is 4.74 Å². The van der Waals surface area contributed by atoms with Crippen molar-refractivity contribution in [3.05, 3.63) is 0 Å². The standard InChI is InChI=1S/C9H15FO4S/c1-14-9(11)3-2-7-4-5-15(12,13)6-8(7)10/h7-8H,2-6H2,1H3/t7-,8-/m1/s1. The molecule has 15 heavy (non-hydrogen) atoms. The van der Waals surface area contributed by atoms with Crippen molar-refractivity contribution >= 4 is 15.8 Å². The van der Waals surface area contributed by atoms with Crippen LogP contribution >= 0.6 is 0 Å². The van der Waals surface area contributed by atoms with Gasteiger partial charge in [0, 0.05) is 6.42 Å². The van der Waals surface area contributed by atoms with Crippen LogP contribution in [-0.2, 0) is 19.4 Å². The molecule has 0 bridgehead atoms. The Morgan fingerprint density at radius 1 is 1.53 bits per heavy atom. The van der Waals surface area contributed by atoms with Crippen molar-refractivity contribution in [3.63, 3.8) is 0 Å². The molecule has 0 amide bonds. The first-order chi connectivity index (χ1) is 6.94. The number of carbonyl (C=O) groups excluding carboxylic acids is 1. The molecule has 0 aromatic carbocycles. The number of hydrogen-bond donors (Lipinski definition) is 0. The molecule has 1 aliphatic heterocycles. The number of carbonyl (C=O) groups is 1. The second-order valence-electron chi connectivity index (χ2n) is 3.79. The molecule has 4 nitrogen and oxygen atoms in total. The van der Waals surface area contributed by atoms with E-state index in [9.17, 15) is 17.6 Å². The van der Waals surface area contributed by atoms with Gasteiger partial charge in [-0.2, -0.15) is 0 Å². The van der Waals surface area contributed by atoms with Crippen LogP contribution in [-0.4, -0.2) is 39.2 Å². The van der Waals surface area contributed by atoms with Crippen LogP contribution in [0.15, 0.2) is 0 Å². The van der Waals surface area contributed by atoms with E-state index in [2.05, 4.69) is 4.74 Å². The quantitative estimate of drug-likeness (QED) is 0.679. The smallest absolute Gasteiger partial charge is 0.305 e. The number of rotatable bonds is 3. The lowest BCUT2D eigenvalue weighted by molar-refractivity contribution is -0.141. The molecule has 6 heteroatoms. The first kappa shape index (κ1) is 12.4. The van der Waals surface area contributed by atoms with E-state index in [1.807, 2.05) is 0 Å². The fourth-order valence-corrected chi connectivity index (χ4v) is 3.29. The fraction of sp³-hybridized carbons (Fsp3) is 0.889. The number of sulfone groups is 1. The predicted octanol–water partition coefficient (Wildman–Crippen LogP) is 0.712. The summed E-state index contributed by atoms with van der Waals surface area (Å²) in [6.45, 7) is 0. The van der Waals surface area contributed by atoms with Crippen LogP contribution in [0.1, 0.15) is 19.3 Å². The molecule has 1 saturated heterocycles. The fourth-order valence-electron chi connectivity index (χ4n) is 1.70. The third-order valence-corrected chi connectivity index (χ3v) is 4.36. The lowest BCUT2D eigenvalue weighted by Gasteiger charge is -2.25. The third-order valence-electron chi connectivity index (χ3n) is 2.67. The SMILES string of the molecule is COC(=O)CC[C@@H]1CCS(=O)(=O)C[C@H]1F. The number of ether oxygens (including phenoxy) is 1. The van der Waals surface area contributed by atoms with E-state index >= 15 is 0 Å². The molecule has 0 saturated carbocycles. The monoisotopic (exact) mass is 238 g/mol.